The van der Waals surface area contributed by atoms with Gasteiger partial charge < -0.3 is 4.90 Å². The number of pyridine rings is 1. The van der Waals surface area contributed by atoms with Crippen LogP contribution in [0.15, 0.2) is 48.8 Å². The van der Waals surface area contributed by atoms with Gasteiger partial charge in [-0.15, -0.1) is 0 Å². The maximum absolute atomic E-state index is 12.7. The van der Waals surface area contributed by atoms with Crippen molar-refractivity contribution in [3.63, 3.8) is 0 Å². The maximum Gasteiger partial charge on any atom is 0.237 e. The zero-order chi connectivity index (χ0) is 17.5. The lowest BCUT2D eigenvalue weighted by Crippen LogP contribution is -2.42. The molecular formula is C20H27N3O. The Balaban J connectivity index is 1.98. The lowest BCUT2D eigenvalue weighted by molar-refractivity contribution is -0.134. The van der Waals surface area contributed by atoms with Crippen molar-refractivity contribution in [1.29, 1.82) is 0 Å². The number of amides is 1. The number of aromatic nitrogens is 1. The number of nitrogens with zero attached hydrogens (tertiary/aromatic N) is 3. The molecule has 0 aliphatic carbocycles. The molecule has 0 spiro atoms. The van der Waals surface area contributed by atoms with Crippen molar-refractivity contribution in [2.45, 2.75) is 39.9 Å². The van der Waals surface area contributed by atoms with Crippen LogP contribution in [0.4, 0.5) is 0 Å². The molecule has 4 heteroatoms. The van der Waals surface area contributed by atoms with Gasteiger partial charge in [-0.1, -0.05) is 35.9 Å². The van der Waals surface area contributed by atoms with E-state index in [0.29, 0.717) is 13.1 Å². The zero-order valence-corrected chi connectivity index (χ0v) is 15.1. The van der Waals surface area contributed by atoms with Gasteiger partial charge in [0.25, 0.3) is 0 Å². The highest BCUT2D eigenvalue weighted by Gasteiger charge is 2.19. The molecule has 0 aliphatic rings. The van der Waals surface area contributed by atoms with Crippen molar-refractivity contribution in [1.82, 2.24) is 14.8 Å². The molecule has 0 unspecified atom stereocenters. The predicted octanol–water partition coefficient (Wildman–Crippen LogP) is 3.26. The third kappa shape index (κ3) is 5.46. The van der Waals surface area contributed by atoms with E-state index in [9.17, 15) is 4.79 Å². The van der Waals surface area contributed by atoms with E-state index in [1.807, 2.05) is 41.2 Å². The average molecular weight is 325 g/mol. The van der Waals surface area contributed by atoms with Gasteiger partial charge in [0.1, 0.15) is 0 Å². The summed E-state index contributed by atoms with van der Waals surface area (Å²) >= 11 is 0. The quantitative estimate of drug-likeness (QED) is 0.784. The van der Waals surface area contributed by atoms with Crippen LogP contribution in [0.25, 0.3) is 0 Å². The van der Waals surface area contributed by atoms with Crippen LogP contribution in [0.5, 0.6) is 0 Å². The first-order valence-corrected chi connectivity index (χ1v) is 8.38. The van der Waals surface area contributed by atoms with Crippen molar-refractivity contribution in [2.24, 2.45) is 0 Å². The first-order valence-electron chi connectivity index (χ1n) is 8.38. The molecule has 1 heterocycles. The summed E-state index contributed by atoms with van der Waals surface area (Å²) in [5.41, 5.74) is 3.51. The topological polar surface area (TPSA) is 36.4 Å². The molecule has 2 rings (SSSR count). The Morgan fingerprint density at radius 2 is 1.88 bits per heavy atom. The van der Waals surface area contributed by atoms with Crippen molar-refractivity contribution in [3.05, 3.63) is 65.5 Å². The van der Waals surface area contributed by atoms with Gasteiger partial charge in [-0.25, -0.2) is 0 Å². The summed E-state index contributed by atoms with van der Waals surface area (Å²) in [5, 5.41) is 0. The fraction of sp³-hybridized carbons (Fsp3) is 0.400. The number of hydrogen-bond acceptors (Lipinski definition) is 3. The molecule has 4 nitrogen and oxygen atoms in total. The summed E-state index contributed by atoms with van der Waals surface area (Å²) in [6.45, 7) is 7.98. The summed E-state index contributed by atoms with van der Waals surface area (Å²) in [7, 11) is 1.97. The second-order valence-electron chi connectivity index (χ2n) is 6.64. The molecule has 0 fully saturated rings. The van der Waals surface area contributed by atoms with E-state index in [1.54, 1.807) is 6.20 Å². The summed E-state index contributed by atoms with van der Waals surface area (Å²) in [6, 6.07) is 12.5. The first kappa shape index (κ1) is 18.1. The van der Waals surface area contributed by atoms with Gasteiger partial charge in [-0.3, -0.25) is 14.7 Å². The maximum atomic E-state index is 12.7. The van der Waals surface area contributed by atoms with Crippen LogP contribution in [0.1, 0.15) is 30.5 Å². The molecule has 0 N–H and O–H groups in total. The van der Waals surface area contributed by atoms with E-state index in [1.165, 1.54) is 11.1 Å². The second-order valence-corrected chi connectivity index (χ2v) is 6.64. The van der Waals surface area contributed by atoms with Crippen LogP contribution >= 0.6 is 0 Å². The van der Waals surface area contributed by atoms with Crippen LogP contribution in [-0.4, -0.2) is 40.3 Å². The molecular weight excluding hydrogens is 298 g/mol. The number of carbonyl (C=O) groups excluding carboxylic acids is 1. The molecule has 0 atom stereocenters. The fourth-order valence-corrected chi connectivity index (χ4v) is 2.75. The Kier molecular flexibility index (Phi) is 6.50. The Labute approximate surface area is 145 Å². The molecule has 1 amide bonds. The third-order valence-electron chi connectivity index (χ3n) is 3.96. The summed E-state index contributed by atoms with van der Waals surface area (Å²) in [6.07, 6.45) is 3.60. The highest BCUT2D eigenvalue weighted by atomic mass is 16.2. The van der Waals surface area contributed by atoms with Crippen molar-refractivity contribution in [3.8, 4) is 0 Å². The van der Waals surface area contributed by atoms with Crippen LogP contribution in [0.2, 0.25) is 0 Å². The molecule has 0 saturated carbocycles. The normalized spacial score (nSPS) is 11.1. The van der Waals surface area contributed by atoms with E-state index in [0.717, 1.165) is 12.1 Å². The number of aryl methyl sites for hydroxylation is 1. The molecule has 0 saturated heterocycles. The fourth-order valence-electron chi connectivity index (χ4n) is 2.75. The minimum absolute atomic E-state index is 0.151. The number of rotatable bonds is 7. The van der Waals surface area contributed by atoms with Crippen molar-refractivity contribution >= 4 is 5.91 Å². The van der Waals surface area contributed by atoms with Crippen LogP contribution < -0.4 is 0 Å². The minimum atomic E-state index is 0.151. The van der Waals surface area contributed by atoms with E-state index in [2.05, 4.69) is 44.0 Å². The SMILES string of the molecule is Cc1cccc(CN(C(=O)CN(C)Cc2cccnc2)C(C)C)c1. The third-order valence-corrected chi connectivity index (χ3v) is 3.96. The average Bonchev–Trinajstić information content (AvgIpc) is 2.53. The Morgan fingerprint density at radius 3 is 2.50 bits per heavy atom. The van der Waals surface area contributed by atoms with Crippen molar-refractivity contribution in [2.75, 3.05) is 13.6 Å². The monoisotopic (exact) mass is 325 g/mol. The van der Waals surface area contributed by atoms with Crippen LogP contribution in [-0.2, 0) is 17.9 Å². The van der Waals surface area contributed by atoms with Gasteiger partial charge in [-0.2, -0.15) is 0 Å². The lowest BCUT2D eigenvalue weighted by atomic mass is 10.1. The van der Waals surface area contributed by atoms with E-state index >= 15 is 0 Å². The van der Waals surface area contributed by atoms with Gasteiger partial charge in [0.2, 0.25) is 5.91 Å². The largest absolute Gasteiger partial charge is 0.335 e. The molecule has 0 radical (unpaired) electrons. The predicted molar refractivity (Wildman–Crippen MR) is 97.4 cm³/mol. The number of hydrogen-bond donors (Lipinski definition) is 0. The second kappa shape index (κ2) is 8.60. The summed E-state index contributed by atoms with van der Waals surface area (Å²) in [5.74, 6) is 0.151. The summed E-state index contributed by atoms with van der Waals surface area (Å²) < 4.78 is 0. The van der Waals surface area contributed by atoms with Crippen LogP contribution in [0, 0.1) is 6.92 Å². The number of benzene rings is 1. The Hall–Kier alpha value is -2.20. The molecule has 0 aliphatic heterocycles. The number of likely N-dealkylation sites (N-methyl/N-ethyl adjacent to an activating group) is 1. The minimum Gasteiger partial charge on any atom is -0.335 e. The molecule has 24 heavy (non-hydrogen) atoms. The highest BCUT2D eigenvalue weighted by Crippen LogP contribution is 2.11. The van der Waals surface area contributed by atoms with Gasteiger partial charge in [0.05, 0.1) is 6.54 Å². The molecule has 0 bridgehead atoms. The molecule has 128 valence electrons. The lowest BCUT2D eigenvalue weighted by Gasteiger charge is -2.29. The summed E-state index contributed by atoms with van der Waals surface area (Å²) in [4.78, 5) is 20.8. The van der Waals surface area contributed by atoms with Gasteiger partial charge >= 0.3 is 0 Å². The zero-order valence-electron chi connectivity index (χ0n) is 15.1. The standard InChI is InChI=1S/C20H27N3O/c1-16(2)23(14-18-8-5-7-17(3)11-18)20(24)15-22(4)13-19-9-6-10-21-12-19/h5-12,16H,13-15H2,1-4H3. The van der Waals surface area contributed by atoms with Crippen LogP contribution in [0.3, 0.4) is 0 Å². The molecule has 2 aromatic rings. The Bertz CT molecular complexity index is 655. The molecule has 1 aromatic carbocycles. The van der Waals surface area contributed by atoms with E-state index in [4.69, 9.17) is 0 Å². The van der Waals surface area contributed by atoms with E-state index < -0.39 is 0 Å². The van der Waals surface area contributed by atoms with Gasteiger partial charge in [0, 0.05) is 31.5 Å². The Morgan fingerprint density at radius 1 is 1.12 bits per heavy atom. The van der Waals surface area contributed by atoms with E-state index in [-0.39, 0.29) is 11.9 Å². The first-order chi connectivity index (χ1) is 11.5. The number of carbonyl (C=O) groups is 1. The van der Waals surface area contributed by atoms with Gasteiger partial charge in [-0.05, 0) is 45.0 Å². The highest BCUT2D eigenvalue weighted by molar-refractivity contribution is 5.78. The molecule has 1 aromatic heterocycles. The smallest absolute Gasteiger partial charge is 0.237 e. The van der Waals surface area contributed by atoms with Crippen molar-refractivity contribution < 1.29 is 4.79 Å². The van der Waals surface area contributed by atoms with Gasteiger partial charge in [0.15, 0.2) is 0 Å².